The summed E-state index contributed by atoms with van der Waals surface area (Å²) in [5.74, 6) is 1.30. The molecule has 0 radical (unpaired) electrons. The number of carbonyl (C=O) groups excluding carboxylic acids is 1. The number of hydrogen-bond donors (Lipinski definition) is 1. The van der Waals surface area contributed by atoms with E-state index in [1.807, 2.05) is 84.9 Å². The Labute approximate surface area is 357 Å². The lowest BCUT2D eigenvalue weighted by molar-refractivity contribution is -0.0850. The maximum atomic E-state index is 13.3. The molecule has 1 saturated heterocycles. The molecule has 0 bridgehead atoms. The van der Waals surface area contributed by atoms with Crippen molar-refractivity contribution in [3.63, 3.8) is 0 Å². The second-order valence-electron chi connectivity index (χ2n) is 14.9. The molecular formula is C46H50N7O7P. The summed E-state index contributed by atoms with van der Waals surface area (Å²) in [6.45, 7) is 8.61. The number of imidazole rings is 1. The molecule has 6 aromatic rings. The highest BCUT2D eigenvalue weighted by molar-refractivity contribution is 7.44. The summed E-state index contributed by atoms with van der Waals surface area (Å²) < 4.78 is 43.2. The summed E-state index contributed by atoms with van der Waals surface area (Å²) in [6.07, 6.45) is 0.765. The van der Waals surface area contributed by atoms with E-state index in [0.29, 0.717) is 28.2 Å². The molecule has 0 spiro atoms. The van der Waals surface area contributed by atoms with Gasteiger partial charge in [0.25, 0.3) is 14.4 Å². The fourth-order valence-corrected chi connectivity index (χ4v) is 9.33. The van der Waals surface area contributed by atoms with Gasteiger partial charge in [0.1, 0.15) is 35.6 Å². The highest BCUT2D eigenvalue weighted by Gasteiger charge is 2.50. The number of aromatic nitrogens is 4. The number of methoxy groups -OCH3 is 2. The van der Waals surface area contributed by atoms with Gasteiger partial charge in [0.2, 0.25) is 0 Å². The van der Waals surface area contributed by atoms with Gasteiger partial charge in [0.15, 0.2) is 23.2 Å². The number of hydrogen-bond acceptors (Lipinski definition) is 12. The second-order valence-corrected chi connectivity index (χ2v) is 16.3. The zero-order valence-corrected chi connectivity index (χ0v) is 35.9. The van der Waals surface area contributed by atoms with Gasteiger partial charge < -0.3 is 33.3 Å². The van der Waals surface area contributed by atoms with E-state index < -0.39 is 32.6 Å². The van der Waals surface area contributed by atoms with Gasteiger partial charge in [-0.1, -0.05) is 72.8 Å². The third-order valence-corrected chi connectivity index (χ3v) is 12.5. The summed E-state index contributed by atoms with van der Waals surface area (Å²) >= 11 is 0. The number of rotatable bonds is 18. The van der Waals surface area contributed by atoms with Crippen molar-refractivity contribution < 1.29 is 32.8 Å². The van der Waals surface area contributed by atoms with Crippen LogP contribution >= 0.6 is 8.53 Å². The minimum absolute atomic E-state index is 0.0212. The third-order valence-electron chi connectivity index (χ3n) is 10.4. The molecule has 61 heavy (non-hydrogen) atoms. The lowest BCUT2D eigenvalue weighted by Crippen LogP contribution is -2.43. The van der Waals surface area contributed by atoms with Gasteiger partial charge in [0.05, 0.1) is 46.3 Å². The van der Waals surface area contributed by atoms with Crippen molar-refractivity contribution in [1.82, 2.24) is 24.2 Å². The number of nitriles is 1. The topological polar surface area (TPSA) is 155 Å². The molecule has 15 heteroatoms. The average Bonchev–Trinajstić information content (AvgIpc) is 3.90. The molecule has 14 nitrogen and oxygen atoms in total. The van der Waals surface area contributed by atoms with E-state index >= 15 is 0 Å². The minimum Gasteiger partial charge on any atom is -0.497 e. The Morgan fingerprint density at radius 2 is 1.46 bits per heavy atom. The summed E-state index contributed by atoms with van der Waals surface area (Å²) in [7, 11) is 1.48. The normalized spacial score (nSPS) is 17.1. The van der Waals surface area contributed by atoms with Gasteiger partial charge in [-0.25, -0.2) is 19.6 Å². The van der Waals surface area contributed by atoms with E-state index in [4.69, 9.17) is 33.0 Å². The second kappa shape index (κ2) is 19.7. The lowest BCUT2D eigenvalue weighted by Gasteiger charge is -2.41. The highest BCUT2D eigenvalue weighted by Crippen LogP contribution is 2.52. The molecule has 3 heterocycles. The zero-order valence-electron chi connectivity index (χ0n) is 35.0. The van der Waals surface area contributed by atoms with Crippen LogP contribution in [0.25, 0.3) is 11.2 Å². The summed E-state index contributed by atoms with van der Waals surface area (Å²) in [5, 5.41) is 12.4. The molecule has 7 rings (SSSR count). The Kier molecular flexibility index (Phi) is 14.0. The summed E-state index contributed by atoms with van der Waals surface area (Å²) in [6, 6.07) is 36.8. The predicted molar refractivity (Wildman–Crippen MR) is 232 cm³/mol. The van der Waals surface area contributed by atoms with Gasteiger partial charge in [-0.3, -0.25) is 9.36 Å². The van der Waals surface area contributed by atoms with Gasteiger partial charge >= 0.3 is 0 Å². The number of carbonyl (C=O) groups is 1. The van der Waals surface area contributed by atoms with Crippen LogP contribution in [0, 0.1) is 11.3 Å². The molecule has 4 atom stereocenters. The van der Waals surface area contributed by atoms with Crippen molar-refractivity contribution in [1.29, 1.82) is 5.26 Å². The fraction of sp³-hybridized carbons (Fsp3) is 0.326. The van der Waals surface area contributed by atoms with E-state index in [2.05, 4.69) is 53.7 Å². The number of fused-ring (bicyclic) bond motifs is 1. The van der Waals surface area contributed by atoms with Crippen LogP contribution in [0.15, 0.2) is 122 Å². The first-order valence-corrected chi connectivity index (χ1v) is 21.2. The van der Waals surface area contributed by atoms with Crippen LogP contribution in [0.1, 0.15) is 67.4 Å². The van der Waals surface area contributed by atoms with Crippen LogP contribution in [-0.4, -0.2) is 81.8 Å². The van der Waals surface area contributed by atoms with Crippen molar-refractivity contribution in [2.45, 2.75) is 70.2 Å². The van der Waals surface area contributed by atoms with Gasteiger partial charge in [-0.15, -0.1) is 0 Å². The van der Waals surface area contributed by atoms with E-state index in [-0.39, 0.29) is 43.4 Å². The number of anilines is 1. The Balaban J connectivity index is 1.37. The number of nitrogens with one attached hydrogen (secondary N) is 1. The van der Waals surface area contributed by atoms with Gasteiger partial charge in [-0.05, 0) is 80.8 Å². The highest BCUT2D eigenvalue weighted by atomic mass is 31.2. The monoisotopic (exact) mass is 843 g/mol. The number of benzene rings is 4. The van der Waals surface area contributed by atoms with Gasteiger partial charge in [0, 0.05) is 17.6 Å². The maximum Gasteiger partial charge on any atom is 0.259 e. The molecule has 1 N–H and O–H groups in total. The molecule has 1 aliphatic heterocycles. The molecule has 316 valence electrons. The van der Waals surface area contributed by atoms with Crippen LogP contribution in [0.4, 0.5) is 5.82 Å². The SMILES string of the molecule is COc1ccc(C(O[C@H]2CO[C@@H](n3cnc4c(NC(=O)c5ccccc5)ncnc43)[C@@H]2OP(OCCC#N)N(C(C)C)C(C)C)(c2ccccc2)c2ccc(OC)cc2)cc1. The molecule has 1 aliphatic rings. The Bertz CT molecular complexity index is 2340. The quantitative estimate of drug-likeness (QED) is 0.0500. The number of amides is 1. The van der Waals surface area contributed by atoms with Crippen LogP contribution in [0.2, 0.25) is 0 Å². The first kappa shape index (κ1) is 43.3. The molecule has 1 unspecified atom stereocenters. The smallest absolute Gasteiger partial charge is 0.259 e. The maximum absolute atomic E-state index is 13.3. The third kappa shape index (κ3) is 9.28. The van der Waals surface area contributed by atoms with Crippen LogP contribution in [0.5, 0.6) is 11.5 Å². The largest absolute Gasteiger partial charge is 0.497 e. The first-order valence-electron chi connectivity index (χ1n) is 20.1. The Morgan fingerprint density at radius 3 is 2.03 bits per heavy atom. The number of ether oxygens (including phenoxy) is 4. The molecule has 0 saturated carbocycles. The number of nitrogens with zero attached hydrogens (tertiary/aromatic N) is 6. The van der Waals surface area contributed by atoms with E-state index in [1.54, 1.807) is 49.4 Å². The molecule has 4 aromatic carbocycles. The molecule has 2 aromatic heterocycles. The standard InChI is InChI=1S/C46H50N7O7P/c1-31(2)53(32(3)4)61(58-27-13-26-47)60-41-39(28-57-45(41)52-30-50-40-42(48-29-49-43(40)52)51-44(54)33-14-9-7-10-15-33)59-46(34-16-11-8-12-17-34,35-18-22-37(55-5)23-19-35)36-20-24-38(56-6)25-21-36/h7-12,14-25,29-32,39,41,45H,13,27-28H2,1-6H3,(H,48,49,51,54)/t39-,41+,45+,61?/m0/s1. The van der Waals surface area contributed by atoms with E-state index in [1.165, 1.54) is 6.33 Å². The minimum atomic E-state index is -1.79. The summed E-state index contributed by atoms with van der Waals surface area (Å²) in [5.41, 5.74) is 2.59. The van der Waals surface area contributed by atoms with Gasteiger partial charge in [-0.2, -0.15) is 5.26 Å². The first-order chi connectivity index (χ1) is 29.7. The lowest BCUT2D eigenvalue weighted by atomic mass is 9.79. The van der Waals surface area contributed by atoms with Crippen molar-refractivity contribution in [2.75, 3.05) is 32.8 Å². The zero-order chi connectivity index (χ0) is 42.9. The summed E-state index contributed by atoms with van der Waals surface area (Å²) in [4.78, 5) is 27.0. The molecular weight excluding hydrogens is 794 g/mol. The fourth-order valence-electron chi connectivity index (χ4n) is 7.58. The van der Waals surface area contributed by atoms with Crippen molar-refractivity contribution in [3.8, 4) is 17.6 Å². The average molecular weight is 844 g/mol. The van der Waals surface area contributed by atoms with Crippen LogP contribution in [0.3, 0.4) is 0 Å². The van der Waals surface area contributed by atoms with Crippen molar-refractivity contribution >= 4 is 31.4 Å². The Hall–Kier alpha value is -5.78. The van der Waals surface area contributed by atoms with Crippen molar-refractivity contribution in [2.24, 2.45) is 0 Å². The van der Waals surface area contributed by atoms with E-state index in [9.17, 15) is 10.1 Å². The molecule has 0 aliphatic carbocycles. The Morgan fingerprint density at radius 1 is 0.869 bits per heavy atom. The van der Waals surface area contributed by atoms with Crippen LogP contribution < -0.4 is 14.8 Å². The predicted octanol–water partition coefficient (Wildman–Crippen LogP) is 8.66. The van der Waals surface area contributed by atoms with Crippen molar-refractivity contribution in [3.05, 3.63) is 144 Å². The van der Waals surface area contributed by atoms with Crippen LogP contribution in [-0.2, 0) is 24.1 Å². The molecule has 1 amide bonds. The van der Waals surface area contributed by atoms with E-state index in [0.717, 1.165) is 16.7 Å². The molecule has 1 fully saturated rings.